The van der Waals surface area contributed by atoms with Crippen LogP contribution in [0, 0.1) is 0 Å². The topological polar surface area (TPSA) is 268 Å². The van der Waals surface area contributed by atoms with Crippen LogP contribution in [0.5, 0.6) is 0 Å². The van der Waals surface area contributed by atoms with Crippen LogP contribution in [0.25, 0.3) is 22.1 Å². The summed E-state index contributed by atoms with van der Waals surface area (Å²) in [6, 6.07) is 6.88. The van der Waals surface area contributed by atoms with Crippen LogP contribution in [0.1, 0.15) is 122 Å². The number of carbonyl (C=O) groups excluding carboxylic acids is 8. The van der Waals surface area contributed by atoms with Crippen molar-refractivity contribution in [2.45, 2.75) is 114 Å². The van der Waals surface area contributed by atoms with Gasteiger partial charge in [-0.15, -0.1) is 0 Å². The number of hydrogen-bond acceptors (Lipinski definition) is 18. The number of nitrogens with zero attached hydrogens (tertiary/aromatic N) is 2. The number of rotatable bonds is 20. The number of nitrogens with one attached hydrogen (secondary N) is 2. The average molecular weight is 975 g/mol. The van der Waals surface area contributed by atoms with Crippen LogP contribution < -0.4 is 0 Å². The minimum atomic E-state index is -1.21. The molecule has 70 heavy (non-hydrogen) atoms. The van der Waals surface area contributed by atoms with Gasteiger partial charge in [0.15, 0.2) is 0 Å². The number of fused-ring (bicyclic) bond motifs is 8. The lowest BCUT2D eigenvalue weighted by Crippen LogP contribution is -2.32. The second-order valence-electron chi connectivity index (χ2n) is 17.6. The molecule has 2 N–H and O–H groups in total. The quantitative estimate of drug-likeness (QED) is 0.110. The van der Waals surface area contributed by atoms with Gasteiger partial charge in [-0.25, -0.2) is 0 Å². The van der Waals surface area contributed by atoms with Crippen molar-refractivity contribution in [1.29, 1.82) is 0 Å². The Hall–Kier alpha value is -7.12. The van der Waals surface area contributed by atoms with E-state index < -0.39 is 70.4 Å². The Kier molecular flexibility index (Phi) is 18.0. The third kappa shape index (κ3) is 12.0. The lowest BCUT2D eigenvalue weighted by Gasteiger charge is -2.32. The lowest BCUT2D eigenvalue weighted by atomic mass is 9.69. The molecule has 8 bridgehead atoms. The molecule has 20 heteroatoms. The molecule has 3 aromatic rings. The van der Waals surface area contributed by atoms with Crippen LogP contribution in [-0.2, 0) is 113 Å². The summed E-state index contributed by atoms with van der Waals surface area (Å²) < 4.78 is 40.9. The third-order valence-corrected chi connectivity index (χ3v) is 13.6. The Bertz CT molecular complexity index is 2690. The van der Waals surface area contributed by atoms with E-state index in [4.69, 9.17) is 47.9 Å². The molecule has 0 saturated heterocycles. The highest BCUT2D eigenvalue weighted by atomic mass is 16.5. The molecule has 3 aromatic heterocycles. The number of hydrogen-bond donors (Lipinski definition) is 2. The van der Waals surface area contributed by atoms with Crippen molar-refractivity contribution in [2.24, 2.45) is 0 Å². The fraction of sp³-hybridized carbons (Fsp3) is 0.520. The van der Waals surface area contributed by atoms with E-state index in [1.54, 1.807) is 24.3 Å². The Balaban J connectivity index is 2.12. The summed E-state index contributed by atoms with van der Waals surface area (Å²) in [5.74, 6) is -5.85. The first-order valence-electron chi connectivity index (χ1n) is 22.7. The number of esters is 8. The zero-order valence-electron chi connectivity index (χ0n) is 41.4. The molecule has 378 valence electrons. The maximum Gasteiger partial charge on any atom is 0.310 e. The molecule has 0 spiro atoms. The minimum absolute atomic E-state index is 0.0654. The summed E-state index contributed by atoms with van der Waals surface area (Å²) in [6.07, 6.45) is -0.961. The fourth-order valence-corrected chi connectivity index (χ4v) is 9.56. The van der Waals surface area contributed by atoms with Crippen molar-refractivity contribution in [3.63, 3.8) is 0 Å². The summed E-state index contributed by atoms with van der Waals surface area (Å²) in [5.41, 5.74) is 2.57. The maximum absolute atomic E-state index is 13.5. The molecule has 4 atom stereocenters. The number of methoxy groups -OCH3 is 8. The van der Waals surface area contributed by atoms with E-state index in [-0.39, 0.29) is 77.0 Å². The van der Waals surface area contributed by atoms with Gasteiger partial charge in [-0.1, -0.05) is 13.8 Å². The van der Waals surface area contributed by atoms with E-state index in [2.05, 4.69) is 9.97 Å². The van der Waals surface area contributed by atoms with Gasteiger partial charge < -0.3 is 47.9 Å². The number of ether oxygens (including phenoxy) is 8. The molecule has 0 aliphatic carbocycles. The number of aromatic nitrogens is 4. The number of aryl methyl sites for hydroxylation is 2. The van der Waals surface area contributed by atoms with Gasteiger partial charge in [0.25, 0.3) is 0 Å². The molecule has 2 aliphatic rings. The number of aromatic amines is 2. The predicted octanol–water partition coefficient (Wildman–Crippen LogP) is 5.07. The zero-order valence-corrected chi connectivity index (χ0v) is 41.4. The van der Waals surface area contributed by atoms with E-state index in [0.29, 0.717) is 67.1 Å². The summed E-state index contributed by atoms with van der Waals surface area (Å²) in [6.45, 7) is 3.63. The molecular formula is C50H62N4O16. The van der Waals surface area contributed by atoms with Gasteiger partial charge in [0.2, 0.25) is 0 Å². The third-order valence-electron chi connectivity index (χ3n) is 13.6. The fourth-order valence-electron chi connectivity index (χ4n) is 9.56. The van der Waals surface area contributed by atoms with Crippen molar-refractivity contribution < 1.29 is 76.3 Å². The summed E-state index contributed by atoms with van der Waals surface area (Å²) >= 11 is 0. The molecule has 2 aliphatic heterocycles. The lowest BCUT2D eigenvalue weighted by molar-refractivity contribution is -0.143. The van der Waals surface area contributed by atoms with E-state index in [1.165, 1.54) is 56.9 Å². The maximum atomic E-state index is 13.5. The molecular weight excluding hydrogens is 913 g/mol. The molecule has 5 heterocycles. The molecule has 2 unspecified atom stereocenters. The molecule has 0 aromatic carbocycles. The van der Waals surface area contributed by atoms with E-state index >= 15 is 0 Å². The Morgan fingerprint density at radius 1 is 0.429 bits per heavy atom. The zero-order chi connectivity index (χ0) is 51.5. The van der Waals surface area contributed by atoms with Gasteiger partial charge in [-0.05, 0) is 72.2 Å². The van der Waals surface area contributed by atoms with Gasteiger partial charge in [-0.3, -0.25) is 48.3 Å². The highest BCUT2D eigenvalue weighted by Gasteiger charge is 2.48. The first-order valence-corrected chi connectivity index (χ1v) is 22.7. The monoisotopic (exact) mass is 974 g/mol. The number of carbonyl (C=O) groups is 8. The highest BCUT2D eigenvalue weighted by molar-refractivity contribution is 5.87. The van der Waals surface area contributed by atoms with Crippen LogP contribution in [0.15, 0.2) is 24.3 Å². The van der Waals surface area contributed by atoms with Crippen molar-refractivity contribution in [1.82, 2.24) is 19.9 Å². The molecule has 0 radical (unpaired) electrons. The summed E-state index contributed by atoms with van der Waals surface area (Å²) in [4.78, 5) is 122. The van der Waals surface area contributed by atoms with E-state index in [9.17, 15) is 38.4 Å². The highest BCUT2D eigenvalue weighted by Crippen LogP contribution is 2.51. The first kappa shape index (κ1) is 53.8. The van der Waals surface area contributed by atoms with Crippen LogP contribution in [-0.4, -0.2) is 125 Å². The second-order valence-corrected chi connectivity index (χ2v) is 17.6. The summed E-state index contributed by atoms with van der Waals surface area (Å²) in [7, 11) is 10.1. The van der Waals surface area contributed by atoms with Crippen LogP contribution in [0.2, 0.25) is 0 Å². The van der Waals surface area contributed by atoms with Gasteiger partial charge in [0.1, 0.15) is 0 Å². The largest absolute Gasteiger partial charge is 0.469 e. The van der Waals surface area contributed by atoms with Crippen LogP contribution >= 0.6 is 0 Å². The van der Waals surface area contributed by atoms with Crippen molar-refractivity contribution in [3.05, 3.63) is 69.3 Å². The smallest absolute Gasteiger partial charge is 0.310 e. The second kappa shape index (κ2) is 23.5. The van der Waals surface area contributed by atoms with E-state index in [0.717, 1.165) is 0 Å². The van der Waals surface area contributed by atoms with Gasteiger partial charge in [-0.2, -0.15) is 0 Å². The van der Waals surface area contributed by atoms with Crippen LogP contribution in [0.4, 0.5) is 0 Å². The molecule has 0 amide bonds. The van der Waals surface area contributed by atoms with Crippen molar-refractivity contribution in [2.75, 3.05) is 56.9 Å². The van der Waals surface area contributed by atoms with Gasteiger partial charge in [0, 0.05) is 93.2 Å². The normalized spacial score (nSPS) is 18.3. The van der Waals surface area contributed by atoms with Crippen molar-refractivity contribution in [3.8, 4) is 0 Å². The molecule has 5 rings (SSSR count). The molecule has 20 nitrogen and oxygen atoms in total. The molecule has 0 fully saturated rings. The van der Waals surface area contributed by atoms with Crippen LogP contribution in [0.3, 0.4) is 0 Å². The minimum Gasteiger partial charge on any atom is -0.469 e. The van der Waals surface area contributed by atoms with Gasteiger partial charge >= 0.3 is 47.8 Å². The van der Waals surface area contributed by atoms with Gasteiger partial charge in [0.05, 0.1) is 82.6 Å². The van der Waals surface area contributed by atoms with E-state index in [1.807, 2.05) is 13.8 Å². The van der Waals surface area contributed by atoms with Crippen molar-refractivity contribution >= 4 is 69.8 Å². The Morgan fingerprint density at radius 2 is 0.757 bits per heavy atom. The molecule has 0 saturated carbocycles. The number of H-pyrrole nitrogens is 2. The Morgan fingerprint density at radius 3 is 1.14 bits per heavy atom. The standard InChI is InChI=1S/C50H62N4O16/c1-49(25-47(61)69-9)31(13-17-43(57)65-5)37-22-35-29(19-45(59)67-7)27(11-15-41(55)63-3)33(51-35)21-34-28(12-16-42(56)64-4)30(20-46(60)68-8)36(52-34)23-39-50(2,26-48(62)70-10)32(14-18-44(58)66-6)38(54-39)24-40(49)53-37/h21-24,31-32,51-52H,11-20,25-26H2,1-10H3/t31?,32?,49-,50-/m0/s1. The predicted molar refractivity (Wildman–Crippen MR) is 249 cm³/mol. The Labute approximate surface area is 404 Å². The first-order chi connectivity index (χ1) is 33.3. The summed E-state index contributed by atoms with van der Waals surface area (Å²) in [5, 5.41) is 0. The SMILES string of the molecule is COC(=O)CCc1c(CC(=O)OC)c2cc3nc(cc4nc(cc5[nH]c(cc1[nH]2)c(CCC(=O)OC)c5CC(=O)OC)[C@@](C)(CC(=O)OC)C4CCC(=O)OC)[C@@](C)(CC(=O)OC)C3CCC(=O)OC. The average Bonchev–Trinajstić information content (AvgIpc) is 4.00.